The van der Waals surface area contributed by atoms with Crippen molar-refractivity contribution in [2.24, 2.45) is 5.90 Å². The first-order chi connectivity index (χ1) is 12.3. The number of carbonyl (C=O) groups excluding carboxylic acids is 1. The number of esters is 1. The molecule has 0 bridgehead atoms. The Kier molecular flexibility index (Phi) is 4.74. The molecule has 5 nitrogen and oxygen atoms in total. The first-order valence-electron chi connectivity index (χ1n) is 7.23. The summed E-state index contributed by atoms with van der Waals surface area (Å²) < 4.78 is 114. The molecule has 0 saturated carbocycles. The number of halogens is 8. The zero-order valence-electron chi connectivity index (χ0n) is 14.0. The average molecular weight is 443 g/mol. The lowest BCUT2D eigenvalue weighted by atomic mass is 9.99. The van der Waals surface area contributed by atoms with Gasteiger partial charge in [0.1, 0.15) is 10.6 Å². The molecule has 1 aliphatic heterocycles. The summed E-state index contributed by atoms with van der Waals surface area (Å²) in [6.07, 6.45) is -9.22. The number of hydrogen-bond donors (Lipinski definition) is 1. The molecule has 160 valence electrons. The third-order valence-electron chi connectivity index (χ3n) is 3.55. The van der Waals surface area contributed by atoms with Crippen molar-refractivity contribution in [2.45, 2.75) is 37.3 Å². The Balaban J connectivity index is 2.67. The van der Waals surface area contributed by atoms with Crippen LogP contribution < -0.4 is 10.6 Å². The molecule has 1 heterocycles. The van der Waals surface area contributed by atoms with Gasteiger partial charge in [-0.15, -0.1) is 0 Å². The van der Waals surface area contributed by atoms with Gasteiger partial charge in [0.05, 0.1) is 5.57 Å². The summed E-state index contributed by atoms with van der Waals surface area (Å²) in [5.41, 5.74) is -2.68. The third kappa shape index (κ3) is 4.67. The highest BCUT2D eigenvalue weighted by molar-refractivity contribution is 8.45. The van der Waals surface area contributed by atoms with Crippen molar-refractivity contribution in [3.05, 3.63) is 28.8 Å². The topological polar surface area (TPSA) is 70.8 Å². The molecule has 1 aliphatic rings. The van der Waals surface area contributed by atoms with Crippen molar-refractivity contribution in [3.8, 4) is 5.75 Å². The minimum atomic E-state index is -10.1. The fraction of sp³-hybridized carbons (Fsp3) is 0.357. The van der Waals surface area contributed by atoms with E-state index in [1.165, 1.54) is 0 Å². The normalized spacial score (nSPS) is 20.8. The van der Waals surface area contributed by atoms with Gasteiger partial charge in [-0.05, 0) is 37.6 Å². The maximum absolute atomic E-state index is 13.3. The van der Waals surface area contributed by atoms with E-state index in [2.05, 4.69) is 14.3 Å². The molecule has 2 N–H and O–H groups in total. The summed E-state index contributed by atoms with van der Waals surface area (Å²) in [6, 6.07) is -0.109. The van der Waals surface area contributed by atoms with Crippen molar-refractivity contribution in [1.29, 1.82) is 0 Å². The predicted octanol–water partition coefficient (Wildman–Crippen LogP) is 5.14. The quantitative estimate of drug-likeness (QED) is 0.302. The lowest BCUT2D eigenvalue weighted by Gasteiger charge is -2.41. The molecule has 0 amide bonds. The molecule has 0 fully saturated rings. The van der Waals surface area contributed by atoms with Crippen LogP contribution in [0.5, 0.6) is 5.75 Å². The maximum Gasteiger partial charge on any atom is 0.430 e. The smallest absolute Gasteiger partial charge is 0.430 e. The molecule has 2 unspecified atom stereocenters. The Labute approximate surface area is 152 Å². The highest BCUT2D eigenvalue weighted by Gasteiger charge is 2.65. The van der Waals surface area contributed by atoms with Gasteiger partial charge in [-0.25, -0.2) is 10.7 Å². The summed E-state index contributed by atoms with van der Waals surface area (Å²) in [5.74, 6) is 2.31. The fourth-order valence-corrected chi connectivity index (χ4v) is 3.09. The molecule has 2 rings (SSSR count). The Bertz CT molecular complexity index is 850. The molecular formula is C14H13F8NO4S. The van der Waals surface area contributed by atoms with Gasteiger partial charge in [0.2, 0.25) is 12.4 Å². The molecule has 0 saturated heterocycles. The van der Waals surface area contributed by atoms with Crippen LogP contribution in [0, 0.1) is 6.92 Å². The van der Waals surface area contributed by atoms with Crippen LogP contribution in [0.15, 0.2) is 22.6 Å². The van der Waals surface area contributed by atoms with Gasteiger partial charge in [0.25, 0.3) is 0 Å². The van der Waals surface area contributed by atoms with Gasteiger partial charge >= 0.3 is 22.4 Å². The number of carbonyl (C=O) groups is 1. The molecule has 0 spiro atoms. The van der Waals surface area contributed by atoms with Crippen molar-refractivity contribution < 1.29 is 51.7 Å². The Morgan fingerprint density at radius 1 is 1.21 bits per heavy atom. The summed E-state index contributed by atoms with van der Waals surface area (Å²) in [5, 5.41) is 0. The van der Waals surface area contributed by atoms with Gasteiger partial charge in [-0.2, -0.15) is 13.2 Å². The number of fused-ring (bicyclic) bond motifs is 1. The number of aryl methyl sites for hydroxylation is 1. The molecule has 0 aliphatic carbocycles. The van der Waals surface area contributed by atoms with E-state index in [4.69, 9.17) is 5.90 Å². The molecule has 0 radical (unpaired) electrons. The molecule has 0 aromatic heterocycles. The minimum absolute atomic E-state index is 0.0185. The van der Waals surface area contributed by atoms with E-state index in [1.807, 2.05) is 0 Å². The second-order valence-electron chi connectivity index (χ2n) is 5.88. The van der Waals surface area contributed by atoms with Crippen molar-refractivity contribution >= 4 is 22.3 Å². The van der Waals surface area contributed by atoms with Crippen LogP contribution in [0.3, 0.4) is 0 Å². The summed E-state index contributed by atoms with van der Waals surface area (Å²) in [4.78, 5) is 13.7. The highest BCUT2D eigenvalue weighted by Crippen LogP contribution is 3.02. The van der Waals surface area contributed by atoms with E-state index in [-0.39, 0.29) is 12.1 Å². The number of benzene rings is 1. The van der Waals surface area contributed by atoms with Crippen LogP contribution >= 0.6 is 10.2 Å². The highest BCUT2D eigenvalue weighted by atomic mass is 32.5. The molecule has 1 aromatic rings. The number of alkyl halides is 3. The number of ether oxygens (including phenoxy) is 2. The molecule has 14 heteroatoms. The van der Waals surface area contributed by atoms with Crippen LogP contribution in [0.1, 0.15) is 18.1 Å². The van der Waals surface area contributed by atoms with E-state index in [9.17, 15) is 37.4 Å². The lowest BCUT2D eigenvalue weighted by molar-refractivity contribution is -0.194. The van der Waals surface area contributed by atoms with Gasteiger partial charge in [-0.3, -0.25) is 4.84 Å². The second-order valence-corrected chi connectivity index (χ2v) is 8.29. The summed E-state index contributed by atoms with van der Waals surface area (Å²) in [6.45, 7) is 1.91. The number of nitrogens with two attached hydrogens (primary N) is 1. The van der Waals surface area contributed by atoms with Crippen molar-refractivity contribution in [3.63, 3.8) is 0 Å². The Morgan fingerprint density at radius 2 is 1.79 bits per heavy atom. The van der Waals surface area contributed by atoms with E-state index in [0.29, 0.717) is 6.08 Å². The molecular weight excluding hydrogens is 430 g/mol. The zero-order valence-corrected chi connectivity index (χ0v) is 14.8. The van der Waals surface area contributed by atoms with E-state index >= 15 is 0 Å². The summed E-state index contributed by atoms with van der Waals surface area (Å²) >= 11 is 0. The Hall–Kier alpha value is -2.06. The van der Waals surface area contributed by atoms with Gasteiger partial charge in [-0.1, -0.05) is 19.4 Å². The van der Waals surface area contributed by atoms with Crippen LogP contribution in [0.2, 0.25) is 0 Å². The average Bonchev–Trinajstić information content (AvgIpc) is 2.50. The fourth-order valence-electron chi connectivity index (χ4n) is 2.34. The first kappa shape index (κ1) is 22.2. The van der Waals surface area contributed by atoms with Gasteiger partial charge in [0.15, 0.2) is 0 Å². The molecule has 28 heavy (non-hydrogen) atoms. The monoisotopic (exact) mass is 443 g/mol. The summed E-state index contributed by atoms with van der Waals surface area (Å²) in [7, 11) is -10.1. The third-order valence-corrected chi connectivity index (χ3v) is 4.68. The minimum Gasteiger partial charge on any atom is -0.475 e. The van der Waals surface area contributed by atoms with Gasteiger partial charge < -0.3 is 9.47 Å². The maximum atomic E-state index is 13.3. The van der Waals surface area contributed by atoms with Crippen molar-refractivity contribution in [1.82, 2.24) is 0 Å². The largest absolute Gasteiger partial charge is 0.475 e. The number of hydrogen-bond acceptors (Lipinski definition) is 5. The molecule has 2 atom stereocenters. The zero-order chi connectivity index (χ0) is 21.8. The number of rotatable bonds is 4. The van der Waals surface area contributed by atoms with E-state index in [1.54, 1.807) is 0 Å². The molecule has 1 aromatic carbocycles. The van der Waals surface area contributed by atoms with Crippen molar-refractivity contribution in [2.75, 3.05) is 0 Å². The van der Waals surface area contributed by atoms with Gasteiger partial charge in [0, 0.05) is 5.56 Å². The van der Waals surface area contributed by atoms with Crippen LogP contribution in [-0.2, 0) is 14.4 Å². The first-order valence-corrected chi connectivity index (χ1v) is 9.19. The Morgan fingerprint density at radius 3 is 2.25 bits per heavy atom. The van der Waals surface area contributed by atoms with Crippen LogP contribution in [-0.4, -0.2) is 24.5 Å². The van der Waals surface area contributed by atoms with Crippen LogP contribution in [0.25, 0.3) is 6.08 Å². The van der Waals surface area contributed by atoms with Crippen LogP contribution in [0.4, 0.5) is 32.6 Å². The van der Waals surface area contributed by atoms with E-state index < -0.39 is 62.1 Å². The van der Waals surface area contributed by atoms with E-state index in [0.717, 1.165) is 13.8 Å². The lowest BCUT2D eigenvalue weighted by Crippen LogP contribution is -2.41. The second kappa shape index (κ2) is 5.97. The SMILES string of the molecule is Cc1cc(S(F)(F)(F)(F)F)cc2c1OC(C(F)(F)F)C(C(=O)OC(C)ON)=C2. The standard InChI is InChI=1S/C14H13F8NO4S/c1-6-3-9(28(18,19,20,21)22)4-8-5-10(13(24)25-7(2)27-23)12(14(15,16)17)26-11(6)8/h3-5,7,12H,23H2,1-2H3. The predicted molar refractivity (Wildman–Crippen MR) is 81.9 cm³/mol.